The van der Waals surface area contributed by atoms with Crippen molar-refractivity contribution in [3.63, 3.8) is 0 Å². The maximum Gasteiger partial charge on any atom is 0.229 e. The van der Waals surface area contributed by atoms with Gasteiger partial charge < -0.3 is 25.8 Å². The van der Waals surface area contributed by atoms with E-state index in [0.717, 1.165) is 48.9 Å². The molecule has 0 bridgehead atoms. The molecule has 0 spiro atoms. The monoisotopic (exact) mass is 547 g/mol. The molecule has 3 heterocycles. The van der Waals surface area contributed by atoms with Gasteiger partial charge in [0.1, 0.15) is 5.52 Å². The zero-order valence-corrected chi connectivity index (χ0v) is 23.2. The predicted molar refractivity (Wildman–Crippen MR) is 165 cm³/mol. The van der Waals surface area contributed by atoms with Gasteiger partial charge >= 0.3 is 0 Å². The van der Waals surface area contributed by atoms with Gasteiger partial charge in [0.05, 0.1) is 11.9 Å². The minimum Gasteiger partial charge on any atom is -0.369 e. The van der Waals surface area contributed by atoms with Crippen LogP contribution in [0.2, 0.25) is 0 Å². The van der Waals surface area contributed by atoms with E-state index in [1.165, 1.54) is 5.69 Å². The van der Waals surface area contributed by atoms with E-state index in [0.29, 0.717) is 29.5 Å². The number of aromatic nitrogens is 4. The minimum atomic E-state index is -0.0303. The van der Waals surface area contributed by atoms with Crippen molar-refractivity contribution in [2.75, 3.05) is 54.1 Å². The molecular formula is C31H33N9O. The van der Waals surface area contributed by atoms with E-state index in [-0.39, 0.29) is 5.91 Å². The van der Waals surface area contributed by atoms with Crippen molar-refractivity contribution in [2.45, 2.75) is 13.3 Å². The molecule has 1 aliphatic rings. The highest BCUT2D eigenvalue weighted by Crippen LogP contribution is 2.28. The van der Waals surface area contributed by atoms with Gasteiger partial charge in [0.25, 0.3) is 0 Å². The number of likely N-dealkylation sites (N-methyl/N-ethyl adjacent to an activating group) is 1. The van der Waals surface area contributed by atoms with Crippen molar-refractivity contribution >= 4 is 51.7 Å². The van der Waals surface area contributed by atoms with Crippen LogP contribution in [0.3, 0.4) is 0 Å². The second-order valence-corrected chi connectivity index (χ2v) is 10.1. The molecule has 6 rings (SSSR count). The molecule has 41 heavy (non-hydrogen) atoms. The average Bonchev–Trinajstić information content (AvgIpc) is 3.36. The normalized spacial score (nSPS) is 13.8. The summed E-state index contributed by atoms with van der Waals surface area (Å²) in [6.45, 7) is 6.02. The molecule has 3 N–H and O–H groups in total. The van der Waals surface area contributed by atoms with Crippen molar-refractivity contribution in [3.05, 3.63) is 85.1 Å². The fraction of sp³-hybridized carbons (Fsp3) is 0.226. The molecule has 1 aliphatic heterocycles. The van der Waals surface area contributed by atoms with Crippen LogP contribution in [0.15, 0.2) is 85.1 Å². The second-order valence-electron chi connectivity index (χ2n) is 10.1. The smallest absolute Gasteiger partial charge is 0.229 e. The van der Waals surface area contributed by atoms with Crippen molar-refractivity contribution in [2.24, 2.45) is 0 Å². The molecule has 208 valence electrons. The maximum absolute atomic E-state index is 11.9. The highest BCUT2D eigenvalue weighted by atomic mass is 16.1. The molecule has 10 nitrogen and oxygen atoms in total. The number of hydrogen-bond acceptors (Lipinski definition) is 8. The van der Waals surface area contributed by atoms with Gasteiger partial charge in [-0.2, -0.15) is 4.98 Å². The molecule has 0 radical (unpaired) electrons. The number of hydrogen-bond donors (Lipinski definition) is 3. The molecule has 0 unspecified atom stereocenters. The van der Waals surface area contributed by atoms with Crippen LogP contribution in [-0.4, -0.2) is 63.6 Å². The highest BCUT2D eigenvalue weighted by molar-refractivity contribution is 5.90. The van der Waals surface area contributed by atoms with Gasteiger partial charge in [0.2, 0.25) is 17.8 Å². The van der Waals surface area contributed by atoms with Gasteiger partial charge in [-0.05, 0) is 67.7 Å². The maximum atomic E-state index is 11.9. The first kappa shape index (κ1) is 26.3. The molecule has 5 aromatic rings. The number of nitrogens with one attached hydrogen (secondary N) is 3. The Morgan fingerprint density at radius 3 is 2.15 bits per heavy atom. The summed E-state index contributed by atoms with van der Waals surface area (Å²) in [6.07, 6.45) is 2.15. The number of fused-ring (bicyclic) bond motifs is 1. The third-order valence-electron chi connectivity index (χ3n) is 7.15. The molecule has 10 heteroatoms. The summed E-state index contributed by atoms with van der Waals surface area (Å²) < 4.78 is 1.96. The Balaban J connectivity index is 1.30. The molecule has 1 fully saturated rings. The van der Waals surface area contributed by atoms with E-state index in [4.69, 9.17) is 9.97 Å². The lowest BCUT2D eigenvalue weighted by atomic mass is 10.2. The third kappa shape index (κ3) is 5.97. The summed E-state index contributed by atoms with van der Waals surface area (Å²) in [5.41, 5.74) is 5.92. The van der Waals surface area contributed by atoms with Crippen LogP contribution in [0.1, 0.15) is 13.3 Å². The molecule has 0 aliphatic carbocycles. The Labute approximate surface area is 239 Å². The van der Waals surface area contributed by atoms with Crippen LogP contribution in [0.5, 0.6) is 0 Å². The number of piperazine rings is 1. The zero-order valence-electron chi connectivity index (χ0n) is 23.2. The van der Waals surface area contributed by atoms with Crippen molar-refractivity contribution in [1.82, 2.24) is 24.4 Å². The SMILES string of the molecule is CCC(=O)Nc1ccc(-n2c(Nc3ccccc3)nc3cnc(Nc4ccc(N5CCN(C)CC5)cc4)nc32)cc1. The van der Waals surface area contributed by atoms with Crippen LogP contribution >= 0.6 is 0 Å². The molecule has 1 saturated heterocycles. The van der Waals surface area contributed by atoms with E-state index < -0.39 is 0 Å². The predicted octanol–water partition coefficient (Wildman–Crippen LogP) is 5.40. The summed E-state index contributed by atoms with van der Waals surface area (Å²) in [4.78, 5) is 30.8. The third-order valence-corrected chi connectivity index (χ3v) is 7.15. The summed E-state index contributed by atoms with van der Waals surface area (Å²) in [6, 6.07) is 25.9. The van der Waals surface area contributed by atoms with Crippen LogP contribution in [0.4, 0.5) is 34.6 Å². The lowest BCUT2D eigenvalue weighted by molar-refractivity contribution is -0.115. The van der Waals surface area contributed by atoms with Crippen molar-refractivity contribution in [3.8, 4) is 5.69 Å². The lowest BCUT2D eigenvalue weighted by Gasteiger charge is -2.34. The minimum absolute atomic E-state index is 0.0303. The average molecular weight is 548 g/mol. The number of benzene rings is 3. The number of carbonyl (C=O) groups excluding carboxylic acids is 1. The summed E-state index contributed by atoms with van der Waals surface area (Å²) in [5, 5.41) is 9.66. The van der Waals surface area contributed by atoms with Gasteiger partial charge in [-0.25, -0.2) is 9.97 Å². The van der Waals surface area contributed by atoms with Crippen LogP contribution in [-0.2, 0) is 4.79 Å². The summed E-state index contributed by atoms with van der Waals surface area (Å²) in [5.74, 6) is 1.06. The number of imidazole rings is 1. The Hall–Kier alpha value is -4.96. The van der Waals surface area contributed by atoms with E-state index in [1.54, 1.807) is 6.20 Å². The van der Waals surface area contributed by atoms with Gasteiger partial charge in [-0.3, -0.25) is 9.36 Å². The van der Waals surface area contributed by atoms with Gasteiger partial charge in [0.15, 0.2) is 5.65 Å². The van der Waals surface area contributed by atoms with Crippen LogP contribution in [0.25, 0.3) is 16.9 Å². The van der Waals surface area contributed by atoms with E-state index in [1.807, 2.05) is 66.1 Å². The van der Waals surface area contributed by atoms with E-state index >= 15 is 0 Å². The largest absolute Gasteiger partial charge is 0.369 e. The first-order chi connectivity index (χ1) is 20.1. The topological polar surface area (TPSA) is 103 Å². The molecule has 0 saturated carbocycles. The number of carbonyl (C=O) groups is 1. The van der Waals surface area contributed by atoms with Crippen LogP contribution < -0.4 is 20.9 Å². The quantitative estimate of drug-likeness (QED) is 0.237. The molecule has 2 aromatic heterocycles. The second kappa shape index (κ2) is 11.6. The summed E-state index contributed by atoms with van der Waals surface area (Å²) >= 11 is 0. The highest BCUT2D eigenvalue weighted by Gasteiger charge is 2.17. The molecule has 0 atom stereocenters. The fourth-order valence-electron chi connectivity index (χ4n) is 4.81. The Bertz CT molecular complexity index is 1620. The Kier molecular flexibility index (Phi) is 7.46. The number of amides is 1. The standard InChI is InChI=1S/C31H33N9O/c1-3-28(41)33-23-11-15-26(16-12-23)40-29-27(36-31(40)35-22-7-5-4-6-8-22)21-32-30(37-29)34-24-9-13-25(14-10-24)39-19-17-38(2)18-20-39/h4-16,21H,3,17-20H2,1-2H3,(H,33,41)(H,35,36)(H,32,34,37). The summed E-state index contributed by atoms with van der Waals surface area (Å²) in [7, 11) is 2.16. The first-order valence-electron chi connectivity index (χ1n) is 13.8. The van der Waals surface area contributed by atoms with Crippen molar-refractivity contribution in [1.29, 1.82) is 0 Å². The Morgan fingerprint density at radius 2 is 1.44 bits per heavy atom. The van der Waals surface area contributed by atoms with Gasteiger partial charge in [0, 0.05) is 55.3 Å². The number of rotatable bonds is 8. The van der Waals surface area contributed by atoms with Gasteiger partial charge in [-0.1, -0.05) is 25.1 Å². The first-order valence-corrected chi connectivity index (χ1v) is 13.8. The molecule has 3 aromatic carbocycles. The fourth-order valence-corrected chi connectivity index (χ4v) is 4.81. The molecular weight excluding hydrogens is 514 g/mol. The zero-order chi connectivity index (χ0) is 28.2. The number of anilines is 6. The molecule has 1 amide bonds. The van der Waals surface area contributed by atoms with E-state index in [9.17, 15) is 4.79 Å². The van der Waals surface area contributed by atoms with E-state index in [2.05, 4.69) is 62.0 Å². The van der Waals surface area contributed by atoms with Crippen LogP contribution in [0, 0.1) is 0 Å². The van der Waals surface area contributed by atoms with Crippen molar-refractivity contribution < 1.29 is 4.79 Å². The lowest BCUT2D eigenvalue weighted by Crippen LogP contribution is -2.44. The number of nitrogens with zero attached hydrogens (tertiary/aromatic N) is 6. The van der Waals surface area contributed by atoms with Gasteiger partial charge in [-0.15, -0.1) is 0 Å². The number of para-hydroxylation sites is 1. The Morgan fingerprint density at radius 1 is 0.780 bits per heavy atom.